The first-order valence-electron chi connectivity index (χ1n) is 6.26. The highest BCUT2D eigenvalue weighted by molar-refractivity contribution is 7.37. The van der Waals surface area contributed by atoms with Crippen molar-refractivity contribution in [3.63, 3.8) is 0 Å². The largest absolute Gasteiger partial charge is 0.462 e. The van der Waals surface area contributed by atoms with E-state index in [1.165, 1.54) is 6.92 Å². The molecule has 23 heavy (non-hydrogen) atoms. The second-order valence-electron chi connectivity index (χ2n) is 4.64. The van der Waals surface area contributed by atoms with E-state index in [4.69, 9.17) is 4.74 Å². The number of rotatable bonds is 6. The van der Waals surface area contributed by atoms with Crippen molar-refractivity contribution < 1.29 is 40.6 Å². The fourth-order valence-corrected chi connectivity index (χ4v) is 2.26. The highest BCUT2D eigenvalue weighted by Gasteiger charge is 2.28. The summed E-state index contributed by atoms with van der Waals surface area (Å²) in [6, 6.07) is -1.19. The molecule has 0 amide bonds. The molecule has 1 N–H and O–H groups in total. The lowest BCUT2D eigenvalue weighted by atomic mass is 10.3. The third-order valence-corrected chi connectivity index (χ3v) is 3.46. The lowest BCUT2D eigenvalue weighted by Crippen LogP contribution is -2.33. The lowest BCUT2D eigenvalue weighted by Gasteiger charge is -2.16. The molecule has 0 aliphatic rings. The summed E-state index contributed by atoms with van der Waals surface area (Å²) in [4.78, 5) is 11.4. The van der Waals surface area contributed by atoms with E-state index in [1.54, 1.807) is 13.8 Å². The maximum atomic E-state index is 13.3. The van der Waals surface area contributed by atoms with Gasteiger partial charge in [0.05, 0.1) is 6.10 Å². The molecule has 5 nitrogen and oxygen atoms in total. The van der Waals surface area contributed by atoms with Crippen LogP contribution in [0.15, 0.2) is 0 Å². The van der Waals surface area contributed by atoms with Gasteiger partial charge >= 0.3 is 14.1 Å². The molecular weight excluding hydrogens is 348 g/mol. The first-order chi connectivity index (χ1) is 10.6. The van der Waals surface area contributed by atoms with Crippen LogP contribution in [0.2, 0.25) is 0 Å². The number of halogens is 5. The SMILES string of the molecule is CC(C)OC(=O)[C@@H](C)N[PH](=O)Oc1c(F)c(F)c(F)c(F)c1F. The van der Waals surface area contributed by atoms with Crippen LogP contribution in [0.25, 0.3) is 0 Å². The van der Waals surface area contributed by atoms with Crippen LogP contribution >= 0.6 is 8.18 Å². The van der Waals surface area contributed by atoms with Crippen molar-refractivity contribution in [1.29, 1.82) is 0 Å². The van der Waals surface area contributed by atoms with E-state index in [0.717, 1.165) is 0 Å². The van der Waals surface area contributed by atoms with E-state index in [9.17, 15) is 31.3 Å². The number of hydrogen-bond acceptors (Lipinski definition) is 4. The van der Waals surface area contributed by atoms with Crippen LogP contribution in [-0.4, -0.2) is 18.1 Å². The van der Waals surface area contributed by atoms with E-state index in [0.29, 0.717) is 0 Å². The molecular formula is C12H13F5NO4P. The van der Waals surface area contributed by atoms with Gasteiger partial charge in [-0.05, 0) is 20.8 Å². The number of esters is 1. The van der Waals surface area contributed by atoms with Crippen LogP contribution < -0.4 is 9.61 Å². The van der Waals surface area contributed by atoms with Gasteiger partial charge in [-0.2, -0.15) is 8.78 Å². The van der Waals surface area contributed by atoms with Crippen molar-refractivity contribution in [3.8, 4) is 5.75 Å². The van der Waals surface area contributed by atoms with Gasteiger partial charge in [0, 0.05) is 0 Å². The van der Waals surface area contributed by atoms with Gasteiger partial charge in [0.15, 0.2) is 0 Å². The van der Waals surface area contributed by atoms with E-state index in [2.05, 4.69) is 4.52 Å². The molecule has 0 saturated carbocycles. The Kier molecular flexibility index (Phi) is 6.52. The van der Waals surface area contributed by atoms with Crippen molar-refractivity contribution in [2.75, 3.05) is 0 Å². The quantitative estimate of drug-likeness (QED) is 0.277. The third-order valence-electron chi connectivity index (χ3n) is 2.40. The maximum absolute atomic E-state index is 13.3. The average molecular weight is 361 g/mol. The Bertz CT molecular complexity index is 611. The Morgan fingerprint density at radius 1 is 0.957 bits per heavy atom. The van der Waals surface area contributed by atoms with Crippen LogP contribution in [0.1, 0.15) is 20.8 Å². The van der Waals surface area contributed by atoms with E-state index in [-0.39, 0.29) is 0 Å². The molecule has 1 unspecified atom stereocenters. The van der Waals surface area contributed by atoms with Gasteiger partial charge in [-0.1, -0.05) is 0 Å². The van der Waals surface area contributed by atoms with Gasteiger partial charge in [-0.15, -0.1) is 0 Å². The molecule has 0 aliphatic carbocycles. The number of carbonyl (C=O) groups excluding carboxylic acids is 1. The van der Waals surface area contributed by atoms with E-state index in [1.807, 2.05) is 5.09 Å². The first-order valence-corrected chi connectivity index (χ1v) is 7.58. The standard InChI is InChI=1S/C12H13F5NO4P/c1-4(2)21-12(19)5(3)18-23(20)22-11-9(16)7(14)6(13)8(15)10(11)17/h4-5,23H,1-3H3,(H,18,20)/t5-/m1/s1. The zero-order chi connectivity index (χ0) is 17.9. The summed E-state index contributed by atoms with van der Waals surface area (Å²) in [6.45, 7) is 4.33. The zero-order valence-corrected chi connectivity index (χ0v) is 13.2. The smallest absolute Gasteiger partial charge is 0.323 e. The zero-order valence-electron chi connectivity index (χ0n) is 12.2. The molecule has 1 rings (SSSR count). The number of benzene rings is 1. The normalized spacial score (nSPS) is 13.8. The van der Waals surface area contributed by atoms with Gasteiger partial charge in [-0.3, -0.25) is 9.36 Å². The Balaban J connectivity index is 2.89. The summed E-state index contributed by atoms with van der Waals surface area (Å²) >= 11 is 0. The van der Waals surface area contributed by atoms with Crippen molar-refractivity contribution in [1.82, 2.24) is 5.09 Å². The van der Waals surface area contributed by atoms with E-state index < -0.39 is 61.1 Å². The molecule has 1 aromatic rings. The highest BCUT2D eigenvalue weighted by atomic mass is 31.1. The fraction of sp³-hybridized carbons (Fsp3) is 0.417. The molecule has 0 aromatic heterocycles. The molecule has 0 bridgehead atoms. The van der Waals surface area contributed by atoms with Crippen molar-refractivity contribution in [2.45, 2.75) is 32.9 Å². The molecule has 0 fully saturated rings. The Morgan fingerprint density at radius 3 is 1.83 bits per heavy atom. The summed E-state index contributed by atoms with van der Waals surface area (Å²) in [5, 5.41) is 2.02. The minimum absolute atomic E-state index is 0.467. The van der Waals surface area contributed by atoms with Gasteiger partial charge in [0.2, 0.25) is 34.8 Å². The summed E-state index contributed by atoms with van der Waals surface area (Å²) in [5.74, 6) is -13.9. The fourth-order valence-electron chi connectivity index (χ4n) is 1.37. The predicted octanol–water partition coefficient (Wildman–Crippen LogP) is 3.08. The third kappa shape index (κ3) is 4.65. The molecule has 0 heterocycles. The van der Waals surface area contributed by atoms with Crippen molar-refractivity contribution >= 4 is 14.1 Å². The molecule has 0 spiro atoms. The van der Waals surface area contributed by atoms with Crippen molar-refractivity contribution in [3.05, 3.63) is 29.1 Å². The Hall–Kier alpha value is -1.67. The number of carbonyl (C=O) groups is 1. The first kappa shape index (κ1) is 19.4. The molecule has 1 aromatic carbocycles. The second-order valence-corrected chi connectivity index (χ2v) is 5.71. The molecule has 11 heteroatoms. The number of ether oxygens (including phenoxy) is 1. The predicted molar refractivity (Wildman–Crippen MR) is 69.7 cm³/mol. The molecule has 0 radical (unpaired) electrons. The summed E-state index contributed by atoms with van der Waals surface area (Å²) in [5.41, 5.74) is 0. The van der Waals surface area contributed by atoms with Gasteiger partial charge in [0.1, 0.15) is 6.04 Å². The summed E-state index contributed by atoms with van der Waals surface area (Å²) < 4.78 is 86.1. The lowest BCUT2D eigenvalue weighted by molar-refractivity contribution is -0.148. The van der Waals surface area contributed by atoms with Crippen LogP contribution in [0.4, 0.5) is 22.0 Å². The summed E-state index contributed by atoms with van der Waals surface area (Å²) in [7, 11) is -3.55. The number of nitrogens with one attached hydrogen (secondary N) is 1. The molecule has 0 saturated heterocycles. The van der Waals surface area contributed by atoms with E-state index >= 15 is 0 Å². The van der Waals surface area contributed by atoms with Crippen molar-refractivity contribution in [2.24, 2.45) is 0 Å². The Morgan fingerprint density at radius 2 is 1.39 bits per heavy atom. The van der Waals surface area contributed by atoms with Crippen LogP contribution in [0, 0.1) is 29.1 Å². The minimum atomic E-state index is -3.55. The monoisotopic (exact) mass is 361 g/mol. The minimum Gasteiger partial charge on any atom is -0.462 e. The van der Waals surface area contributed by atoms with Crippen LogP contribution in [-0.2, 0) is 14.1 Å². The highest BCUT2D eigenvalue weighted by Crippen LogP contribution is 2.34. The topological polar surface area (TPSA) is 64.6 Å². The van der Waals surface area contributed by atoms with Gasteiger partial charge in [0.25, 0.3) is 0 Å². The molecule has 2 atom stereocenters. The van der Waals surface area contributed by atoms with Gasteiger partial charge in [-0.25, -0.2) is 18.3 Å². The number of hydrogen-bond donors (Lipinski definition) is 1. The average Bonchev–Trinajstić information content (AvgIpc) is 2.46. The molecule has 0 aliphatic heterocycles. The molecule has 130 valence electrons. The van der Waals surface area contributed by atoms with Crippen LogP contribution in [0.5, 0.6) is 5.75 Å². The maximum Gasteiger partial charge on any atom is 0.323 e. The van der Waals surface area contributed by atoms with Crippen LogP contribution in [0.3, 0.4) is 0 Å². The summed E-state index contributed by atoms with van der Waals surface area (Å²) in [6.07, 6.45) is -0.467. The second kappa shape index (κ2) is 7.74. The van der Waals surface area contributed by atoms with Gasteiger partial charge < -0.3 is 9.26 Å². The Labute approximate surface area is 128 Å².